The van der Waals surface area contributed by atoms with Crippen molar-refractivity contribution >= 4 is 18.1 Å². The SMILES string of the molecule is CCOc1ccc(CCC[C@@H](C(=O)N2CCN(c3ncccn3)C[C@H]2C)[C@@H]2OC(C)(C)OC2C=O)cc1. The Hall–Kier alpha value is -3.04. The lowest BCUT2D eigenvalue weighted by atomic mass is 9.89. The van der Waals surface area contributed by atoms with Crippen LogP contribution in [0.5, 0.6) is 5.75 Å². The first-order valence-electron chi connectivity index (χ1n) is 13.2. The molecule has 1 amide bonds. The lowest BCUT2D eigenvalue weighted by molar-refractivity contribution is -0.160. The molecule has 1 aromatic carbocycles. The van der Waals surface area contributed by atoms with E-state index in [9.17, 15) is 9.59 Å². The number of piperazine rings is 1. The number of anilines is 1. The van der Waals surface area contributed by atoms with Crippen LogP contribution < -0.4 is 9.64 Å². The number of carbonyl (C=O) groups is 2. The van der Waals surface area contributed by atoms with Gasteiger partial charge in [0, 0.05) is 38.1 Å². The van der Waals surface area contributed by atoms with E-state index in [1.807, 2.05) is 30.9 Å². The number of benzene rings is 1. The molecule has 4 atom stereocenters. The molecule has 1 aromatic heterocycles. The van der Waals surface area contributed by atoms with Gasteiger partial charge in [0.05, 0.1) is 12.5 Å². The summed E-state index contributed by atoms with van der Waals surface area (Å²) in [5, 5.41) is 0. The van der Waals surface area contributed by atoms with Gasteiger partial charge in [-0.15, -0.1) is 0 Å². The predicted molar refractivity (Wildman–Crippen MR) is 139 cm³/mol. The molecule has 9 heteroatoms. The molecule has 2 aromatic rings. The molecule has 37 heavy (non-hydrogen) atoms. The van der Waals surface area contributed by atoms with Gasteiger partial charge in [-0.05, 0) is 70.7 Å². The topological polar surface area (TPSA) is 94.1 Å². The molecule has 2 saturated heterocycles. The predicted octanol–water partition coefficient (Wildman–Crippen LogP) is 3.27. The molecule has 3 heterocycles. The fourth-order valence-electron chi connectivity index (χ4n) is 5.24. The Balaban J connectivity index is 1.46. The molecule has 2 aliphatic heterocycles. The van der Waals surface area contributed by atoms with Crippen molar-refractivity contribution in [2.75, 3.05) is 31.1 Å². The Kier molecular flexibility index (Phi) is 8.76. The summed E-state index contributed by atoms with van der Waals surface area (Å²) in [6, 6.07) is 9.81. The standard InChI is InChI=1S/C28H38N4O5/c1-5-35-22-12-10-21(11-13-22)8-6-9-23(25-24(19-33)36-28(3,4)37-25)26(34)32-17-16-31(18-20(32)2)27-29-14-7-15-30-27/h7,10-15,19-20,23-25H,5-6,8-9,16-18H2,1-4H3/t20-,23-,24?,25+/m1/s1. The van der Waals surface area contributed by atoms with Crippen LogP contribution in [0.15, 0.2) is 42.7 Å². The van der Waals surface area contributed by atoms with Gasteiger partial charge in [-0.25, -0.2) is 9.97 Å². The number of ether oxygens (including phenoxy) is 3. The zero-order chi connectivity index (χ0) is 26.4. The van der Waals surface area contributed by atoms with Crippen molar-refractivity contribution in [1.29, 1.82) is 0 Å². The zero-order valence-electron chi connectivity index (χ0n) is 22.2. The molecule has 0 saturated carbocycles. The largest absolute Gasteiger partial charge is 0.494 e. The Morgan fingerprint density at radius 1 is 1.19 bits per heavy atom. The summed E-state index contributed by atoms with van der Waals surface area (Å²) in [6.07, 6.45) is 5.01. The molecule has 2 aliphatic rings. The highest BCUT2D eigenvalue weighted by Gasteiger charge is 2.48. The third-order valence-electron chi connectivity index (χ3n) is 6.97. The Labute approximate surface area is 219 Å². The van der Waals surface area contributed by atoms with Gasteiger partial charge in [-0.2, -0.15) is 0 Å². The minimum Gasteiger partial charge on any atom is -0.494 e. The van der Waals surface area contributed by atoms with E-state index in [0.29, 0.717) is 38.6 Å². The molecule has 0 radical (unpaired) electrons. The second-order valence-corrected chi connectivity index (χ2v) is 10.2. The van der Waals surface area contributed by atoms with Crippen molar-refractivity contribution < 1.29 is 23.8 Å². The van der Waals surface area contributed by atoms with Crippen LogP contribution in [0.4, 0.5) is 5.95 Å². The average Bonchev–Trinajstić information content (AvgIpc) is 3.22. The fourth-order valence-corrected chi connectivity index (χ4v) is 5.24. The summed E-state index contributed by atoms with van der Waals surface area (Å²) in [5.41, 5.74) is 1.18. The second kappa shape index (κ2) is 12.0. The number of hydrogen-bond acceptors (Lipinski definition) is 8. The van der Waals surface area contributed by atoms with E-state index >= 15 is 0 Å². The summed E-state index contributed by atoms with van der Waals surface area (Å²) in [5.74, 6) is 0.121. The lowest BCUT2D eigenvalue weighted by Gasteiger charge is -2.42. The van der Waals surface area contributed by atoms with Crippen molar-refractivity contribution in [2.24, 2.45) is 5.92 Å². The van der Waals surface area contributed by atoms with Gasteiger partial charge in [0.2, 0.25) is 11.9 Å². The number of carbonyl (C=O) groups excluding carboxylic acids is 2. The third-order valence-corrected chi connectivity index (χ3v) is 6.97. The second-order valence-electron chi connectivity index (χ2n) is 10.2. The van der Waals surface area contributed by atoms with Gasteiger partial charge < -0.3 is 28.8 Å². The minimum absolute atomic E-state index is 0.00553. The van der Waals surface area contributed by atoms with Gasteiger partial charge >= 0.3 is 0 Å². The molecule has 0 aliphatic carbocycles. The summed E-state index contributed by atoms with van der Waals surface area (Å²) < 4.78 is 17.5. The van der Waals surface area contributed by atoms with E-state index in [2.05, 4.69) is 27.0 Å². The average molecular weight is 511 g/mol. The number of amides is 1. The van der Waals surface area contributed by atoms with Gasteiger partial charge in [-0.3, -0.25) is 4.79 Å². The number of hydrogen-bond donors (Lipinski definition) is 0. The van der Waals surface area contributed by atoms with Crippen LogP contribution in [0, 0.1) is 5.92 Å². The van der Waals surface area contributed by atoms with E-state index in [4.69, 9.17) is 14.2 Å². The van der Waals surface area contributed by atoms with E-state index in [1.165, 1.54) is 5.56 Å². The van der Waals surface area contributed by atoms with Gasteiger partial charge in [-0.1, -0.05) is 12.1 Å². The summed E-state index contributed by atoms with van der Waals surface area (Å²) in [4.78, 5) is 38.6. The van der Waals surface area contributed by atoms with E-state index in [1.54, 1.807) is 32.3 Å². The maximum Gasteiger partial charge on any atom is 0.228 e. The first kappa shape index (κ1) is 27.0. The highest BCUT2D eigenvalue weighted by molar-refractivity contribution is 5.81. The zero-order valence-corrected chi connectivity index (χ0v) is 22.2. The minimum atomic E-state index is -0.918. The van der Waals surface area contributed by atoms with Gasteiger partial charge in [0.1, 0.15) is 18.0 Å². The van der Waals surface area contributed by atoms with Crippen LogP contribution in [-0.4, -0.2) is 77.3 Å². The van der Waals surface area contributed by atoms with E-state index in [0.717, 1.165) is 24.9 Å². The highest BCUT2D eigenvalue weighted by atomic mass is 16.8. The van der Waals surface area contributed by atoms with Crippen LogP contribution >= 0.6 is 0 Å². The molecule has 1 unspecified atom stereocenters. The molecule has 2 fully saturated rings. The molecule has 200 valence electrons. The smallest absolute Gasteiger partial charge is 0.228 e. The van der Waals surface area contributed by atoms with E-state index in [-0.39, 0.29) is 11.9 Å². The Bertz CT molecular complexity index is 1030. The Morgan fingerprint density at radius 3 is 2.57 bits per heavy atom. The van der Waals surface area contributed by atoms with Crippen LogP contribution in [0.2, 0.25) is 0 Å². The molecule has 9 nitrogen and oxygen atoms in total. The number of aryl methyl sites for hydroxylation is 1. The summed E-state index contributed by atoms with van der Waals surface area (Å²) in [7, 11) is 0. The molecular weight excluding hydrogens is 472 g/mol. The molecule has 0 spiro atoms. The Morgan fingerprint density at radius 2 is 1.92 bits per heavy atom. The van der Waals surface area contributed by atoms with Crippen molar-refractivity contribution in [2.45, 2.75) is 71.0 Å². The maximum atomic E-state index is 14.0. The van der Waals surface area contributed by atoms with Gasteiger partial charge in [0.15, 0.2) is 12.1 Å². The lowest BCUT2D eigenvalue weighted by Crippen LogP contribution is -2.57. The molecule has 0 N–H and O–H groups in total. The maximum absolute atomic E-state index is 14.0. The number of rotatable bonds is 10. The summed E-state index contributed by atoms with van der Waals surface area (Å²) in [6.45, 7) is 10.0. The number of aldehydes is 1. The molecule has 0 bridgehead atoms. The monoisotopic (exact) mass is 510 g/mol. The molecule has 4 rings (SSSR count). The van der Waals surface area contributed by atoms with Crippen LogP contribution in [0.3, 0.4) is 0 Å². The van der Waals surface area contributed by atoms with E-state index < -0.39 is 23.9 Å². The quantitative estimate of drug-likeness (QED) is 0.450. The van der Waals surface area contributed by atoms with Crippen molar-refractivity contribution in [3.63, 3.8) is 0 Å². The van der Waals surface area contributed by atoms with Gasteiger partial charge in [0.25, 0.3) is 0 Å². The fraction of sp³-hybridized carbons (Fsp3) is 0.571. The highest BCUT2D eigenvalue weighted by Crippen LogP contribution is 2.35. The normalized spacial score (nSPS) is 24.1. The van der Waals surface area contributed by atoms with Crippen LogP contribution in [0.1, 0.15) is 46.1 Å². The van der Waals surface area contributed by atoms with Crippen molar-refractivity contribution in [3.05, 3.63) is 48.3 Å². The van der Waals surface area contributed by atoms with Crippen LogP contribution in [0.25, 0.3) is 0 Å². The first-order chi connectivity index (χ1) is 17.8. The summed E-state index contributed by atoms with van der Waals surface area (Å²) >= 11 is 0. The number of nitrogens with zero attached hydrogens (tertiary/aromatic N) is 4. The third kappa shape index (κ3) is 6.64. The number of aromatic nitrogens is 2. The first-order valence-corrected chi connectivity index (χ1v) is 13.2. The van der Waals surface area contributed by atoms with Crippen LogP contribution in [-0.2, 0) is 25.5 Å². The molecular formula is C28H38N4O5. The van der Waals surface area contributed by atoms with Crippen molar-refractivity contribution in [3.8, 4) is 5.75 Å². The van der Waals surface area contributed by atoms with Crippen molar-refractivity contribution in [1.82, 2.24) is 14.9 Å².